The van der Waals surface area contributed by atoms with Gasteiger partial charge in [0.25, 0.3) is 5.91 Å². The second-order valence-corrected chi connectivity index (χ2v) is 7.31. The molecule has 0 saturated carbocycles. The van der Waals surface area contributed by atoms with Crippen molar-refractivity contribution in [3.8, 4) is 17.2 Å². The minimum Gasteiger partial charge on any atom is -0.497 e. The average Bonchev–Trinajstić information content (AvgIpc) is 3.27. The summed E-state index contributed by atoms with van der Waals surface area (Å²) in [5.74, 6) is 2.09. The average molecular weight is 426 g/mol. The predicted molar refractivity (Wildman–Crippen MR) is 121 cm³/mol. The van der Waals surface area contributed by atoms with Gasteiger partial charge in [-0.05, 0) is 37.4 Å². The summed E-state index contributed by atoms with van der Waals surface area (Å²) in [5.41, 5.74) is 2.68. The lowest BCUT2D eigenvalue weighted by Crippen LogP contribution is -2.38. The van der Waals surface area contributed by atoms with Gasteiger partial charge in [-0.15, -0.1) is 0 Å². The van der Waals surface area contributed by atoms with Crippen LogP contribution in [0, 0.1) is 0 Å². The molecule has 0 aromatic heterocycles. The second-order valence-electron chi connectivity index (χ2n) is 7.31. The van der Waals surface area contributed by atoms with Gasteiger partial charge in [0, 0.05) is 23.6 Å². The van der Waals surface area contributed by atoms with Crippen LogP contribution >= 0.6 is 0 Å². The number of methoxy groups -OCH3 is 3. The molecular weight excluding hydrogens is 394 g/mol. The van der Waals surface area contributed by atoms with Gasteiger partial charge in [0.1, 0.15) is 17.2 Å². The fourth-order valence-corrected chi connectivity index (χ4v) is 3.76. The van der Waals surface area contributed by atoms with E-state index in [0.717, 1.165) is 35.7 Å². The van der Waals surface area contributed by atoms with Crippen molar-refractivity contribution in [1.29, 1.82) is 0 Å². The molecule has 1 unspecified atom stereocenters. The zero-order chi connectivity index (χ0) is 22.4. The van der Waals surface area contributed by atoms with Crippen molar-refractivity contribution >= 4 is 11.6 Å². The van der Waals surface area contributed by atoms with Gasteiger partial charge in [0.2, 0.25) is 0 Å². The molecular formula is C24H31N3O4. The highest BCUT2D eigenvalue weighted by Crippen LogP contribution is 2.39. The van der Waals surface area contributed by atoms with E-state index in [1.807, 2.05) is 42.5 Å². The summed E-state index contributed by atoms with van der Waals surface area (Å²) in [6, 6.07) is 13.2. The molecule has 0 spiro atoms. The Morgan fingerprint density at radius 3 is 2.39 bits per heavy atom. The Morgan fingerprint density at radius 1 is 1.03 bits per heavy atom. The lowest BCUT2D eigenvalue weighted by atomic mass is 9.97. The van der Waals surface area contributed by atoms with Gasteiger partial charge in [0.15, 0.2) is 0 Å². The minimum absolute atomic E-state index is 0.0375. The van der Waals surface area contributed by atoms with Crippen molar-refractivity contribution in [3.05, 3.63) is 53.6 Å². The number of likely N-dealkylation sites (N-methyl/N-ethyl adjacent to an activating group) is 1. The predicted octanol–water partition coefficient (Wildman–Crippen LogP) is 3.73. The van der Waals surface area contributed by atoms with Crippen LogP contribution in [0.4, 0.5) is 0 Å². The summed E-state index contributed by atoms with van der Waals surface area (Å²) in [6.07, 6.45) is 0.583. The maximum atomic E-state index is 13.3. The zero-order valence-electron chi connectivity index (χ0n) is 18.9. The van der Waals surface area contributed by atoms with Crippen LogP contribution in [0.25, 0.3) is 0 Å². The molecule has 1 heterocycles. The van der Waals surface area contributed by atoms with Crippen molar-refractivity contribution in [2.75, 3.05) is 41.0 Å². The number of rotatable bonds is 9. The van der Waals surface area contributed by atoms with E-state index in [1.54, 1.807) is 26.3 Å². The topological polar surface area (TPSA) is 63.6 Å². The molecule has 7 heteroatoms. The summed E-state index contributed by atoms with van der Waals surface area (Å²) in [4.78, 5) is 15.4. The Morgan fingerprint density at radius 2 is 1.74 bits per heavy atom. The molecule has 3 rings (SSSR count). The van der Waals surface area contributed by atoms with Gasteiger partial charge in [-0.3, -0.25) is 9.69 Å². The van der Waals surface area contributed by atoms with Crippen LogP contribution in [-0.4, -0.2) is 62.5 Å². The summed E-state index contributed by atoms with van der Waals surface area (Å²) >= 11 is 0. The number of hydrogen-bond acceptors (Lipinski definition) is 6. The fourth-order valence-electron chi connectivity index (χ4n) is 3.76. The van der Waals surface area contributed by atoms with Gasteiger partial charge in [-0.25, -0.2) is 5.01 Å². The van der Waals surface area contributed by atoms with E-state index in [0.29, 0.717) is 24.5 Å². The molecule has 1 amide bonds. The van der Waals surface area contributed by atoms with Crippen LogP contribution in [0.1, 0.15) is 37.4 Å². The van der Waals surface area contributed by atoms with Gasteiger partial charge in [0.05, 0.1) is 39.6 Å². The highest BCUT2D eigenvalue weighted by Gasteiger charge is 2.35. The first-order valence-electron chi connectivity index (χ1n) is 10.5. The molecule has 166 valence electrons. The van der Waals surface area contributed by atoms with Gasteiger partial charge in [-0.2, -0.15) is 5.10 Å². The SMILES string of the molecule is CCN(CC)CC(=O)N1N=C(c2cccc(OC)c2)CC1c1ccc(OC)cc1OC. The maximum Gasteiger partial charge on any atom is 0.257 e. The Bertz CT molecular complexity index is 940. The van der Waals surface area contributed by atoms with Crippen molar-refractivity contribution < 1.29 is 19.0 Å². The first-order valence-corrected chi connectivity index (χ1v) is 10.5. The third-order valence-electron chi connectivity index (χ3n) is 5.62. The lowest BCUT2D eigenvalue weighted by Gasteiger charge is -2.26. The van der Waals surface area contributed by atoms with E-state index in [4.69, 9.17) is 19.3 Å². The van der Waals surface area contributed by atoms with Crippen molar-refractivity contribution in [2.45, 2.75) is 26.3 Å². The van der Waals surface area contributed by atoms with Crippen LogP contribution in [0.15, 0.2) is 47.6 Å². The number of ether oxygens (including phenoxy) is 3. The lowest BCUT2D eigenvalue weighted by molar-refractivity contribution is -0.134. The summed E-state index contributed by atoms with van der Waals surface area (Å²) in [5, 5.41) is 6.37. The third kappa shape index (κ3) is 4.99. The first-order chi connectivity index (χ1) is 15.0. The molecule has 0 N–H and O–H groups in total. The largest absolute Gasteiger partial charge is 0.497 e. The minimum atomic E-state index is -0.259. The second kappa shape index (κ2) is 10.3. The molecule has 0 aliphatic carbocycles. The van der Waals surface area contributed by atoms with E-state index >= 15 is 0 Å². The molecule has 7 nitrogen and oxygen atoms in total. The van der Waals surface area contributed by atoms with Crippen LogP contribution in [0.5, 0.6) is 17.2 Å². The summed E-state index contributed by atoms with van der Waals surface area (Å²) < 4.78 is 16.3. The number of carbonyl (C=O) groups excluding carboxylic acids is 1. The van der Waals surface area contributed by atoms with Crippen LogP contribution in [0.3, 0.4) is 0 Å². The molecule has 0 radical (unpaired) electrons. The van der Waals surface area contributed by atoms with E-state index in [9.17, 15) is 4.79 Å². The number of nitrogens with zero attached hydrogens (tertiary/aromatic N) is 3. The Hall–Kier alpha value is -3.06. The van der Waals surface area contributed by atoms with Gasteiger partial charge < -0.3 is 14.2 Å². The van der Waals surface area contributed by atoms with E-state index in [1.165, 1.54) is 0 Å². The molecule has 1 aliphatic heterocycles. The van der Waals surface area contributed by atoms with Gasteiger partial charge >= 0.3 is 0 Å². The smallest absolute Gasteiger partial charge is 0.257 e. The van der Waals surface area contributed by atoms with Crippen molar-refractivity contribution in [1.82, 2.24) is 9.91 Å². The number of hydrogen-bond donors (Lipinski definition) is 0. The number of amides is 1. The first kappa shape index (κ1) is 22.6. The summed E-state index contributed by atoms with van der Waals surface area (Å²) in [7, 11) is 4.88. The molecule has 1 atom stereocenters. The maximum absolute atomic E-state index is 13.3. The molecule has 0 bridgehead atoms. The molecule has 0 saturated heterocycles. The van der Waals surface area contributed by atoms with Crippen LogP contribution in [-0.2, 0) is 4.79 Å². The molecule has 2 aromatic carbocycles. The molecule has 2 aromatic rings. The van der Waals surface area contributed by atoms with E-state index < -0.39 is 0 Å². The molecule has 31 heavy (non-hydrogen) atoms. The Balaban J connectivity index is 1.99. The van der Waals surface area contributed by atoms with E-state index in [2.05, 4.69) is 18.7 Å². The monoisotopic (exact) mass is 425 g/mol. The highest BCUT2D eigenvalue weighted by atomic mass is 16.5. The summed E-state index contributed by atoms with van der Waals surface area (Å²) in [6.45, 7) is 6.03. The van der Waals surface area contributed by atoms with Crippen molar-refractivity contribution in [3.63, 3.8) is 0 Å². The Labute approximate surface area is 184 Å². The van der Waals surface area contributed by atoms with E-state index in [-0.39, 0.29) is 11.9 Å². The van der Waals surface area contributed by atoms with Crippen LogP contribution < -0.4 is 14.2 Å². The highest BCUT2D eigenvalue weighted by molar-refractivity contribution is 6.03. The Kier molecular flexibility index (Phi) is 7.52. The normalized spacial score (nSPS) is 15.7. The number of benzene rings is 2. The third-order valence-corrected chi connectivity index (χ3v) is 5.62. The molecule has 1 aliphatic rings. The zero-order valence-corrected chi connectivity index (χ0v) is 18.9. The standard InChI is InChI=1S/C24H31N3O4/c1-6-26(7-2)16-24(28)27-22(20-12-11-19(30-4)14-23(20)31-5)15-21(25-27)17-9-8-10-18(13-17)29-3/h8-14,22H,6-7,15-16H2,1-5H3. The fraction of sp³-hybridized carbons (Fsp3) is 0.417. The van der Waals surface area contributed by atoms with Gasteiger partial charge in [-0.1, -0.05) is 26.0 Å². The number of hydrazone groups is 1. The number of carbonyl (C=O) groups is 1. The van der Waals surface area contributed by atoms with Crippen molar-refractivity contribution in [2.24, 2.45) is 5.10 Å². The molecule has 0 fully saturated rings. The quantitative estimate of drug-likeness (QED) is 0.613. The van der Waals surface area contributed by atoms with Crippen LogP contribution in [0.2, 0.25) is 0 Å².